The molecule has 1 heteroatoms. The van der Waals surface area contributed by atoms with E-state index in [-0.39, 0.29) is 0 Å². The first kappa shape index (κ1) is 7.70. The third kappa shape index (κ3) is 3.88. The number of hydrogen-bond acceptors (Lipinski definition) is 1. The van der Waals surface area contributed by atoms with Gasteiger partial charge in [-0.05, 0) is 13.5 Å². The Morgan fingerprint density at radius 1 is 1.62 bits per heavy atom. The van der Waals surface area contributed by atoms with Crippen LogP contribution < -0.4 is 5.32 Å². The molecule has 0 spiro atoms. The molecule has 1 N–H and O–H groups in total. The molecule has 0 aliphatic heterocycles. The SMILES string of the molecule is C=C(CCC)CNC. The summed E-state index contributed by atoms with van der Waals surface area (Å²) < 4.78 is 0. The maximum Gasteiger partial charge on any atom is 0.0158 e. The van der Waals surface area contributed by atoms with Crippen molar-refractivity contribution in [2.24, 2.45) is 0 Å². The lowest BCUT2D eigenvalue weighted by molar-refractivity contribution is 0.804. The highest BCUT2D eigenvalue weighted by Crippen LogP contribution is 1.97. The van der Waals surface area contributed by atoms with Gasteiger partial charge in [0.15, 0.2) is 0 Å². The number of rotatable bonds is 4. The summed E-state index contributed by atoms with van der Waals surface area (Å²) in [5.41, 5.74) is 1.30. The van der Waals surface area contributed by atoms with Gasteiger partial charge in [-0.1, -0.05) is 25.5 Å². The summed E-state index contributed by atoms with van der Waals surface area (Å²) in [7, 11) is 1.95. The smallest absolute Gasteiger partial charge is 0.0158 e. The summed E-state index contributed by atoms with van der Waals surface area (Å²) >= 11 is 0. The van der Waals surface area contributed by atoms with Crippen molar-refractivity contribution < 1.29 is 0 Å². The van der Waals surface area contributed by atoms with Gasteiger partial charge in [0.1, 0.15) is 0 Å². The Balaban J connectivity index is 3.06. The highest BCUT2D eigenvalue weighted by molar-refractivity contribution is 4.95. The Labute approximate surface area is 51.8 Å². The van der Waals surface area contributed by atoms with Crippen molar-refractivity contribution >= 4 is 0 Å². The first-order chi connectivity index (χ1) is 3.81. The van der Waals surface area contributed by atoms with Gasteiger partial charge in [0.05, 0.1) is 0 Å². The monoisotopic (exact) mass is 113 g/mol. The van der Waals surface area contributed by atoms with Gasteiger partial charge in [-0.3, -0.25) is 0 Å². The molecule has 0 rings (SSSR count). The molecule has 0 unspecified atom stereocenters. The van der Waals surface area contributed by atoms with Crippen LogP contribution >= 0.6 is 0 Å². The molecule has 0 saturated heterocycles. The molecule has 1 nitrogen and oxygen atoms in total. The van der Waals surface area contributed by atoms with E-state index in [0.29, 0.717) is 0 Å². The van der Waals surface area contributed by atoms with Crippen LogP contribution in [0.3, 0.4) is 0 Å². The molecule has 0 fully saturated rings. The van der Waals surface area contributed by atoms with Gasteiger partial charge in [-0.2, -0.15) is 0 Å². The highest BCUT2D eigenvalue weighted by atomic mass is 14.8. The van der Waals surface area contributed by atoms with E-state index in [2.05, 4.69) is 18.8 Å². The fourth-order valence-electron chi connectivity index (χ4n) is 0.692. The second kappa shape index (κ2) is 4.85. The van der Waals surface area contributed by atoms with Crippen LogP contribution in [-0.2, 0) is 0 Å². The van der Waals surface area contributed by atoms with Gasteiger partial charge in [0.2, 0.25) is 0 Å². The molecular formula is C7H15N. The van der Waals surface area contributed by atoms with E-state index in [1.54, 1.807) is 0 Å². The molecule has 0 aliphatic rings. The van der Waals surface area contributed by atoms with Gasteiger partial charge < -0.3 is 5.32 Å². The summed E-state index contributed by atoms with van der Waals surface area (Å²) in [6.45, 7) is 7.01. The fourth-order valence-corrected chi connectivity index (χ4v) is 0.692. The van der Waals surface area contributed by atoms with Crippen molar-refractivity contribution in [3.8, 4) is 0 Å². The molecule has 0 radical (unpaired) electrons. The lowest BCUT2D eigenvalue weighted by atomic mass is 10.2. The molecule has 0 aromatic heterocycles. The van der Waals surface area contributed by atoms with Crippen LogP contribution in [0.25, 0.3) is 0 Å². The lowest BCUT2D eigenvalue weighted by Crippen LogP contribution is -2.09. The summed E-state index contributed by atoms with van der Waals surface area (Å²) in [6, 6.07) is 0. The van der Waals surface area contributed by atoms with Crippen LogP contribution in [0.4, 0.5) is 0 Å². The topological polar surface area (TPSA) is 12.0 Å². The van der Waals surface area contributed by atoms with Gasteiger partial charge in [0.25, 0.3) is 0 Å². The first-order valence-corrected chi connectivity index (χ1v) is 3.12. The minimum absolute atomic E-state index is 0.966. The second-order valence-electron chi connectivity index (χ2n) is 2.03. The molecule has 0 atom stereocenters. The first-order valence-electron chi connectivity index (χ1n) is 3.12. The Bertz CT molecular complexity index is 58.8. The van der Waals surface area contributed by atoms with Crippen molar-refractivity contribution in [1.82, 2.24) is 5.32 Å². The predicted molar refractivity (Wildman–Crippen MR) is 38.0 cm³/mol. The summed E-state index contributed by atoms with van der Waals surface area (Å²) in [5.74, 6) is 0. The van der Waals surface area contributed by atoms with Crippen molar-refractivity contribution in [3.63, 3.8) is 0 Å². The van der Waals surface area contributed by atoms with Crippen LogP contribution in [0.15, 0.2) is 12.2 Å². The average molecular weight is 113 g/mol. The molecule has 0 aliphatic carbocycles. The van der Waals surface area contributed by atoms with Crippen molar-refractivity contribution in [2.45, 2.75) is 19.8 Å². The van der Waals surface area contributed by atoms with E-state index in [1.807, 2.05) is 7.05 Å². The number of likely N-dealkylation sites (N-methyl/N-ethyl adjacent to an activating group) is 1. The Morgan fingerprint density at radius 3 is 2.62 bits per heavy atom. The van der Waals surface area contributed by atoms with E-state index in [9.17, 15) is 0 Å². The van der Waals surface area contributed by atoms with Crippen molar-refractivity contribution in [2.75, 3.05) is 13.6 Å². The van der Waals surface area contributed by atoms with Crippen LogP contribution in [0, 0.1) is 0 Å². The predicted octanol–water partition coefficient (Wildman–Crippen LogP) is 1.56. The quantitative estimate of drug-likeness (QED) is 0.545. The fraction of sp³-hybridized carbons (Fsp3) is 0.714. The summed E-state index contributed by atoms with van der Waals surface area (Å²) in [4.78, 5) is 0. The average Bonchev–Trinajstić information content (AvgIpc) is 1.68. The van der Waals surface area contributed by atoms with E-state index in [0.717, 1.165) is 13.0 Å². The zero-order valence-corrected chi connectivity index (χ0v) is 5.83. The normalized spacial score (nSPS) is 9.25. The zero-order valence-electron chi connectivity index (χ0n) is 5.83. The Kier molecular flexibility index (Phi) is 4.67. The van der Waals surface area contributed by atoms with E-state index in [1.165, 1.54) is 12.0 Å². The van der Waals surface area contributed by atoms with Crippen LogP contribution in [-0.4, -0.2) is 13.6 Å². The van der Waals surface area contributed by atoms with E-state index < -0.39 is 0 Å². The van der Waals surface area contributed by atoms with Gasteiger partial charge in [-0.25, -0.2) is 0 Å². The molecule has 0 amide bonds. The van der Waals surface area contributed by atoms with Crippen LogP contribution in [0.5, 0.6) is 0 Å². The van der Waals surface area contributed by atoms with Gasteiger partial charge in [-0.15, -0.1) is 0 Å². The lowest BCUT2D eigenvalue weighted by Gasteiger charge is -1.99. The Morgan fingerprint density at radius 2 is 2.25 bits per heavy atom. The standard InChI is InChI=1S/C7H15N/c1-4-5-7(2)6-8-3/h8H,2,4-6H2,1,3H3. The van der Waals surface area contributed by atoms with E-state index >= 15 is 0 Å². The van der Waals surface area contributed by atoms with E-state index in [4.69, 9.17) is 0 Å². The van der Waals surface area contributed by atoms with Crippen molar-refractivity contribution in [1.29, 1.82) is 0 Å². The van der Waals surface area contributed by atoms with Gasteiger partial charge >= 0.3 is 0 Å². The minimum Gasteiger partial charge on any atom is -0.316 e. The molecular weight excluding hydrogens is 98.1 g/mol. The molecule has 0 bridgehead atoms. The maximum atomic E-state index is 3.87. The third-order valence-electron chi connectivity index (χ3n) is 1.03. The van der Waals surface area contributed by atoms with Gasteiger partial charge in [0, 0.05) is 6.54 Å². The molecule has 0 aromatic carbocycles. The molecule has 0 saturated carbocycles. The number of nitrogens with one attached hydrogen (secondary N) is 1. The largest absolute Gasteiger partial charge is 0.316 e. The molecule has 48 valence electrons. The zero-order chi connectivity index (χ0) is 6.41. The second-order valence-corrected chi connectivity index (χ2v) is 2.03. The molecule has 8 heavy (non-hydrogen) atoms. The number of hydrogen-bond donors (Lipinski definition) is 1. The van der Waals surface area contributed by atoms with Crippen LogP contribution in [0.2, 0.25) is 0 Å². The van der Waals surface area contributed by atoms with Crippen molar-refractivity contribution in [3.05, 3.63) is 12.2 Å². The summed E-state index contributed by atoms with van der Waals surface area (Å²) in [6.07, 6.45) is 2.36. The third-order valence-corrected chi connectivity index (χ3v) is 1.03. The minimum atomic E-state index is 0.966. The highest BCUT2D eigenvalue weighted by Gasteiger charge is 1.86. The molecule has 0 heterocycles. The van der Waals surface area contributed by atoms with Crippen LogP contribution in [0.1, 0.15) is 19.8 Å². The summed E-state index contributed by atoms with van der Waals surface area (Å²) in [5, 5.41) is 3.05. The molecule has 0 aromatic rings. The maximum absolute atomic E-state index is 3.87. The Hall–Kier alpha value is -0.300.